The highest BCUT2D eigenvalue weighted by Crippen LogP contribution is 2.23. The van der Waals surface area contributed by atoms with Gasteiger partial charge in [0.25, 0.3) is 0 Å². The number of carbonyl (C=O) groups is 1. The molecule has 0 radical (unpaired) electrons. The van der Waals surface area contributed by atoms with Gasteiger partial charge in [0.05, 0.1) is 25.4 Å². The summed E-state index contributed by atoms with van der Waals surface area (Å²) in [6, 6.07) is -0.728. The van der Waals surface area contributed by atoms with Gasteiger partial charge in [-0.25, -0.2) is 0 Å². The van der Waals surface area contributed by atoms with Crippen molar-refractivity contribution < 1.29 is 39.8 Å². The van der Waals surface area contributed by atoms with Crippen LogP contribution in [0, 0.1) is 0 Å². The Bertz CT molecular complexity index is 812. The number of hydrogen-bond acceptors (Lipinski definition) is 8. The van der Waals surface area contributed by atoms with E-state index >= 15 is 0 Å². The Balaban J connectivity index is 2.37. The molecule has 1 rings (SSSR count). The van der Waals surface area contributed by atoms with Gasteiger partial charge >= 0.3 is 0 Å². The van der Waals surface area contributed by atoms with Crippen LogP contribution in [-0.2, 0) is 14.3 Å². The maximum absolute atomic E-state index is 12.9. The zero-order chi connectivity index (χ0) is 37.4. The average molecular weight is 728 g/mol. The number of hydrogen-bond donors (Lipinski definition) is 6. The minimum absolute atomic E-state index is 0.146. The monoisotopic (exact) mass is 728 g/mol. The van der Waals surface area contributed by atoms with Crippen molar-refractivity contribution >= 4 is 5.91 Å². The van der Waals surface area contributed by atoms with E-state index in [-0.39, 0.29) is 12.5 Å². The van der Waals surface area contributed by atoms with E-state index in [2.05, 4.69) is 31.3 Å². The predicted octanol–water partition coefficient (Wildman–Crippen LogP) is 8.17. The van der Waals surface area contributed by atoms with Crippen LogP contribution < -0.4 is 5.32 Å². The van der Waals surface area contributed by atoms with Crippen molar-refractivity contribution in [1.82, 2.24) is 5.32 Å². The number of allylic oxidation sites excluding steroid dienone is 2. The highest BCUT2D eigenvalue weighted by Gasteiger charge is 2.44. The molecule has 1 amide bonds. The van der Waals surface area contributed by atoms with Crippen LogP contribution >= 0.6 is 0 Å². The second-order valence-corrected chi connectivity index (χ2v) is 15.1. The van der Waals surface area contributed by atoms with E-state index in [4.69, 9.17) is 9.47 Å². The normalized spacial score (nSPS) is 22.1. The highest BCUT2D eigenvalue weighted by molar-refractivity contribution is 5.76. The fourth-order valence-electron chi connectivity index (χ4n) is 6.86. The number of unbranched alkanes of at least 4 members (excludes halogenated alkanes) is 23. The average Bonchev–Trinajstić information content (AvgIpc) is 3.13. The van der Waals surface area contributed by atoms with E-state index in [9.17, 15) is 30.3 Å². The Labute approximate surface area is 312 Å². The minimum atomic E-state index is -1.55. The SMILES string of the molecule is CCCCCCCC/C=C/CCCC[C@@H](O)[C@H](CO[C@H]1O[C@@H](CO)[C@H](O)C(O)C1O)NC(=O)CCCCCCCCCCCCCCCCCC. The molecular weight excluding hydrogens is 646 g/mol. The molecule has 7 atom stereocenters. The topological polar surface area (TPSA) is 149 Å². The summed E-state index contributed by atoms with van der Waals surface area (Å²) in [7, 11) is 0. The van der Waals surface area contributed by atoms with Crippen LogP contribution in [0.5, 0.6) is 0 Å². The van der Waals surface area contributed by atoms with Crippen molar-refractivity contribution in [3.63, 3.8) is 0 Å². The van der Waals surface area contributed by atoms with Gasteiger partial charge in [-0.2, -0.15) is 0 Å². The van der Waals surface area contributed by atoms with Gasteiger partial charge in [-0.05, 0) is 38.5 Å². The number of carbonyl (C=O) groups excluding carboxylic acids is 1. The van der Waals surface area contributed by atoms with Gasteiger partial charge in [-0.3, -0.25) is 4.79 Å². The van der Waals surface area contributed by atoms with Gasteiger partial charge in [-0.1, -0.05) is 161 Å². The molecule has 0 spiro atoms. The molecule has 0 saturated carbocycles. The Kier molecular flexibility index (Phi) is 31.5. The molecule has 9 nitrogen and oxygen atoms in total. The van der Waals surface area contributed by atoms with Gasteiger partial charge in [0.15, 0.2) is 6.29 Å². The summed E-state index contributed by atoms with van der Waals surface area (Å²) in [6.45, 7) is 3.80. The van der Waals surface area contributed by atoms with Crippen LogP contribution in [0.2, 0.25) is 0 Å². The summed E-state index contributed by atoms with van der Waals surface area (Å²) >= 11 is 0. The summed E-state index contributed by atoms with van der Waals surface area (Å²) in [5.41, 5.74) is 0. The Morgan fingerprint density at radius 3 is 1.59 bits per heavy atom. The lowest BCUT2D eigenvalue weighted by atomic mass is 9.99. The molecular formula is C42H81NO8. The number of aliphatic hydroxyl groups excluding tert-OH is 5. The number of ether oxygens (including phenoxy) is 2. The third-order valence-corrected chi connectivity index (χ3v) is 10.4. The first kappa shape index (κ1) is 48.0. The van der Waals surface area contributed by atoms with Crippen molar-refractivity contribution in [3.05, 3.63) is 12.2 Å². The first-order valence-corrected chi connectivity index (χ1v) is 21.4. The van der Waals surface area contributed by atoms with E-state index < -0.39 is 49.5 Å². The summed E-state index contributed by atoms with van der Waals surface area (Å²) in [6.07, 6.45) is 29.3. The van der Waals surface area contributed by atoms with Crippen LogP contribution in [0.1, 0.15) is 194 Å². The van der Waals surface area contributed by atoms with E-state index in [1.807, 2.05) is 0 Å². The zero-order valence-electron chi connectivity index (χ0n) is 32.9. The third kappa shape index (κ3) is 24.8. The molecule has 6 N–H and O–H groups in total. The fourth-order valence-corrected chi connectivity index (χ4v) is 6.86. The maximum Gasteiger partial charge on any atom is 0.220 e. The standard InChI is InChI=1S/C42H81NO8/c1-3-5-7-9-11-13-15-17-18-19-20-22-24-26-28-30-32-38(46)43-35(34-50-42-41(49)40(48)39(47)37(33-44)51-42)36(45)31-29-27-25-23-21-16-14-12-10-8-6-4-2/h21,23,35-37,39-42,44-45,47-49H,3-20,22,24-34H2,1-2H3,(H,43,46)/b23-21+/t35-,36+,37-,39-,40?,41?,42-/m0/s1. The Morgan fingerprint density at radius 1 is 0.647 bits per heavy atom. The molecule has 0 aromatic heterocycles. The van der Waals surface area contributed by atoms with Crippen LogP contribution in [-0.4, -0.2) is 87.5 Å². The van der Waals surface area contributed by atoms with Gasteiger partial charge in [-0.15, -0.1) is 0 Å². The van der Waals surface area contributed by atoms with Crippen LogP contribution in [0.4, 0.5) is 0 Å². The molecule has 0 aliphatic carbocycles. The zero-order valence-corrected chi connectivity index (χ0v) is 32.9. The van der Waals surface area contributed by atoms with Crippen LogP contribution in [0.25, 0.3) is 0 Å². The summed E-state index contributed by atoms with van der Waals surface area (Å²) in [4.78, 5) is 12.9. The number of nitrogens with one attached hydrogen (secondary N) is 1. The Morgan fingerprint density at radius 2 is 1.10 bits per heavy atom. The molecule has 1 heterocycles. The van der Waals surface area contributed by atoms with Gasteiger partial charge in [0.2, 0.25) is 5.91 Å². The molecule has 1 fully saturated rings. The quantitative estimate of drug-likeness (QED) is 0.0283. The molecule has 51 heavy (non-hydrogen) atoms. The lowest BCUT2D eigenvalue weighted by Gasteiger charge is -2.40. The second kappa shape index (κ2) is 33.5. The summed E-state index contributed by atoms with van der Waals surface area (Å²) in [5, 5.41) is 54.1. The number of amides is 1. The number of rotatable bonds is 35. The van der Waals surface area contributed by atoms with Crippen molar-refractivity contribution in [2.75, 3.05) is 13.2 Å². The van der Waals surface area contributed by atoms with Gasteiger partial charge < -0.3 is 40.3 Å². The molecule has 1 aliphatic heterocycles. The summed E-state index contributed by atoms with van der Waals surface area (Å²) in [5.74, 6) is -0.153. The third-order valence-electron chi connectivity index (χ3n) is 10.4. The van der Waals surface area contributed by atoms with E-state index in [1.54, 1.807) is 0 Å². The fraction of sp³-hybridized carbons (Fsp3) is 0.929. The lowest BCUT2D eigenvalue weighted by Crippen LogP contribution is -2.60. The van der Waals surface area contributed by atoms with Crippen molar-refractivity contribution in [2.45, 2.75) is 236 Å². The molecule has 0 aromatic rings. The van der Waals surface area contributed by atoms with Crippen molar-refractivity contribution in [1.29, 1.82) is 0 Å². The second-order valence-electron chi connectivity index (χ2n) is 15.1. The molecule has 9 heteroatoms. The predicted molar refractivity (Wildman–Crippen MR) is 207 cm³/mol. The molecule has 2 unspecified atom stereocenters. The van der Waals surface area contributed by atoms with Gasteiger partial charge in [0.1, 0.15) is 24.4 Å². The molecule has 1 aliphatic rings. The molecule has 302 valence electrons. The molecule has 1 saturated heterocycles. The maximum atomic E-state index is 12.9. The van der Waals surface area contributed by atoms with E-state index in [0.29, 0.717) is 12.8 Å². The van der Waals surface area contributed by atoms with Gasteiger partial charge in [0, 0.05) is 6.42 Å². The first-order valence-electron chi connectivity index (χ1n) is 21.4. The lowest BCUT2D eigenvalue weighted by molar-refractivity contribution is -0.302. The largest absolute Gasteiger partial charge is 0.394 e. The van der Waals surface area contributed by atoms with Crippen LogP contribution in [0.3, 0.4) is 0 Å². The van der Waals surface area contributed by atoms with Crippen LogP contribution in [0.15, 0.2) is 12.2 Å². The smallest absolute Gasteiger partial charge is 0.220 e. The molecule has 0 bridgehead atoms. The number of aliphatic hydroxyl groups is 5. The highest BCUT2D eigenvalue weighted by atomic mass is 16.7. The minimum Gasteiger partial charge on any atom is -0.394 e. The van der Waals surface area contributed by atoms with E-state index in [0.717, 1.165) is 44.9 Å². The van der Waals surface area contributed by atoms with Crippen molar-refractivity contribution in [3.8, 4) is 0 Å². The Hall–Kier alpha value is -1.07. The van der Waals surface area contributed by atoms with Crippen molar-refractivity contribution in [2.24, 2.45) is 0 Å². The van der Waals surface area contributed by atoms with E-state index in [1.165, 1.54) is 122 Å². The summed E-state index contributed by atoms with van der Waals surface area (Å²) < 4.78 is 11.2. The first-order chi connectivity index (χ1) is 24.8. The molecule has 0 aromatic carbocycles.